The van der Waals surface area contributed by atoms with E-state index in [-0.39, 0.29) is 24.2 Å². The van der Waals surface area contributed by atoms with Crippen molar-refractivity contribution in [1.82, 2.24) is 0 Å². The van der Waals surface area contributed by atoms with Crippen molar-refractivity contribution in [3.8, 4) is 0 Å². The van der Waals surface area contributed by atoms with Gasteiger partial charge in [-0.3, -0.25) is 4.18 Å². The molecule has 0 aromatic rings. The molecule has 0 aromatic carbocycles. The molecule has 2 bridgehead atoms. The Morgan fingerprint density at radius 3 is 2.69 bits per heavy atom. The van der Waals surface area contributed by atoms with Gasteiger partial charge in [0.25, 0.3) is 10.1 Å². The highest BCUT2D eigenvalue weighted by Crippen LogP contribution is 2.55. The van der Waals surface area contributed by atoms with Gasteiger partial charge in [0.1, 0.15) is 17.0 Å². The van der Waals surface area contributed by atoms with E-state index in [1.807, 2.05) is 6.92 Å². The second-order valence-electron chi connectivity index (χ2n) is 4.49. The number of fused-ring (bicyclic) bond motifs is 1. The third kappa shape index (κ3) is 0.692. The Kier molecular flexibility index (Phi) is 1.23. The molecule has 3 rings (SSSR count). The van der Waals surface area contributed by atoms with Gasteiger partial charge in [-0.15, -0.1) is 0 Å². The van der Waals surface area contributed by atoms with Crippen LogP contribution in [0, 0.1) is 5.92 Å². The van der Waals surface area contributed by atoms with E-state index in [0.29, 0.717) is 6.42 Å². The lowest BCUT2D eigenvalue weighted by Crippen LogP contribution is -2.42. The van der Waals surface area contributed by atoms with E-state index in [9.17, 15) is 8.42 Å². The molecule has 0 aromatic heterocycles. The average molecular weight is 204 g/mol. The lowest BCUT2D eigenvalue weighted by atomic mass is 9.81. The zero-order chi connectivity index (χ0) is 9.43. The maximum atomic E-state index is 11.6. The Morgan fingerprint density at radius 2 is 2.15 bits per heavy atom. The molecule has 3 aliphatic rings. The summed E-state index contributed by atoms with van der Waals surface area (Å²) in [5.41, 5.74) is 0. The molecule has 0 amide bonds. The van der Waals surface area contributed by atoms with Crippen molar-refractivity contribution >= 4 is 10.1 Å². The minimum absolute atomic E-state index is 0.0808. The summed E-state index contributed by atoms with van der Waals surface area (Å²) in [4.78, 5) is 0. The topological polar surface area (TPSA) is 52.6 Å². The molecule has 13 heavy (non-hydrogen) atoms. The van der Waals surface area contributed by atoms with Gasteiger partial charge in [-0.2, -0.15) is 8.42 Å². The van der Waals surface area contributed by atoms with E-state index < -0.39 is 14.9 Å². The highest BCUT2D eigenvalue weighted by molar-refractivity contribution is 7.88. The van der Waals surface area contributed by atoms with E-state index in [4.69, 9.17) is 8.92 Å². The van der Waals surface area contributed by atoms with Crippen LogP contribution < -0.4 is 0 Å². The van der Waals surface area contributed by atoms with E-state index in [1.54, 1.807) is 6.92 Å². The Labute approximate surface area is 77.3 Å². The molecule has 74 valence electrons. The molecule has 3 heterocycles. The third-order valence-electron chi connectivity index (χ3n) is 3.74. The molecule has 3 fully saturated rings. The van der Waals surface area contributed by atoms with Crippen LogP contribution in [0.1, 0.15) is 20.3 Å². The molecule has 5 atom stereocenters. The number of rotatable bonds is 0. The molecule has 0 radical (unpaired) electrons. The van der Waals surface area contributed by atoms with Crippen molar-refractivity contribution in [3.05, 3.63) is 0 Å². The van der Waals surface area contributed by atoms with Crippen LogP contribution in [0.3, 0.4) is 0 Å². The molecule has 3 saturated heterocycles. The van der Waals surface area contributed by atoms with Crippen LogP contribution in [0.5, 0.6) is 0 Å². The Bertz CT molecular complexity index is 362. The van der Waals surface area contributed by atoms with Crippen LogP contribution in [-0.4, -0.2) is 31.5 Å². The average Bonchev–Trinajstić information content (AvgIpc) is 2.53. The maximum Gasteiger partial charge on any atom is 0.276 e. The van der Waals surface area contributed by atoms with Crippen LogP contribution in [-0.2, 0) is 19.0 Å². The maximum absolute atomic E-state index is 11.6. The zero-order valence-corrected chi connectivity index (χ0v) is 8.37. The summed E-state index contributed by atoms with van der Waals surface area (Å²) in [6.07, 6.45) is 0.223. The molecule has 0 aliphatic carbocycles. The summed E-state index contributed by atoms with van der Waals surface area (Å²) >= 11 is 0. The first-order chi connectivity index (χ1) is 5.96. The summed E-state index contributed by atoms with van der Waals surface area (Å²) in [5.74, 6) is 0.218. The van der Waals surface area contributed by atoms with Gasteiger partial charge in [-0.05, 0) is 13.3 Å². The van der Waals surface area contributed by atoms with Crippen LogP contribution in [0.4, 0.5) is 0 Å². The molecule has 5 unspecified atom stereocenters. The normalized spacial score (nSPS) is 61.7. The minimum atomic E-state index is -3.39. The third-order valence-corrected chi connectivity index (χ3v) is 5.76. The van der Waals surface area contributed by atoms with Gasteiger partial charge in [0.05, 0.1) is 6.10 Å². The second-order valence-corrected chi connectivity index (χ2v) is 6.52. The molecule has 0 saturated carbocycles. The van der Waals surface area contributed by atoms with Crippen molar-refractivity contribution in [2.45, 2.75) is 43.3 Å². The fraction of sp³-hybridized carbons (Fsp3) is 1.00. The number of hydrogen-bond acceptors (Lipinski definition) is 4. The Balaban J connectivity index is 2.18. The van der Waals surface area contributed by atoms with Crippen molar-refractivity contribution < 1.29 is 17.3 Å². The fourth-order valence-corrected chi connectivity index (χ4v) is 4.39. The van der Waals surface area contributed by atoms with E-state index in [0.717, 1.165) is 0 Å². The molecule has 4 nitrogen and oxygen atoms in total. The summed E-state index contributed by atoms with van der Waals surface area (Å²) in [5, 5.41) is 0. The van der Waals surface area contributed by atoms with Crippen molar-refractivity contribution in [1.29, 1.82) is 0 Å². The summed E-state index contributed by atoms with van der Waals surface area (Å²) in [6, 6.07) is 0. The summed E-state index contributed by atoms with van der Waals surface area (Å²) in [7, 11) is -3.39. The second kappa shape index (κ2) is 1.94. The summed E-state index contributed by atoms with van der Waals surface area (Å²) < 4.78 is 33.2. The van der Waals surface area contributed by atoms with Crippen LogP contribution in [0.15, 0.2) is 0 Å². The van der Waals surface area contributed by atoms with Crippen LogP contribution >= 0.6 is 0 Å². The first-order valence-corrected chi connectivity index (χ1v) is 5.95. The highest BCUT2D eigenvalue weighted by atomic mass is 32.2. The molecule has 0 spiro atoms. The van der Waals surface area contributed by atoms with Gasteiger partial charge < -0.3 is 4.74 Å². The van der Waals surface area contributed by atoms with Crippen LogP contribution in [0.25, 0.3) is 0 Å². The lowest BCUT2D eigenvalue weighted by molar-refractivity contribution is 0.0760. The van der Waals surface area contributed by atoms with Gasteiger partial charge in [-0.25, -0.2) is 0 Å². The molecular formula is C8H12O4S. The monoisotopic (exact) mass is 204 g/mol. The largest absolute Gasteiger partial charge is 0.370 e. The van der Waals surface area contributed by atoms with E-state index >= 15 is 0 Å². The van der Waals surface area contributed by atoms with Crippen molar-refractivity contribution in [3.63, 3.8) is 0 Å². The fourth-order valence-electron chi connectivity index (χ4n) is 2.76. The molecule has 3 aliphatic heterocycles. The van der Waals surface area contributed by atoms with Gasteiger partial charge in [0.15, 0.2) is 0 Å². The molecule has 0 N–H and O–H groups in total. The Hall–Kier alpha value is -0.130. The highest BCUT2D eigenvalue weighted by Gasteiger charge is 2.71. The number of hydrogen-bond donors (Lipinski definition) is 0. The quantitative estimate of drug-likeness (QED) is 0.532. The van der Waals surface area contributed by atoms with Gasteiger partial charge >= 0.3 is 0 Å². The first kappa shape index (κ1) is 8.20. The lowest BCUT2D eigenvalue weighted by Gasteiger charge is -2.23. The smallest absolute Gasteiger partial charge is 0.276 e. The van der Waals surface area contributed by atoms with Crippen molar-refractivity contribution in [2.75, 3.05) is 0 Å². The summed E-state index contributed by atoms with van der Waals surface area (Å²) in [6.45, 7) is 3.73. The minimum Gasteiger partial charge on any atom is -0.370 e. The molecular weight excluding hydrogens is 192 g/mol. The zero-order valence-electron chi connectivity index (χ0n) is 7.56. The van der Waals surface area contributed by atoms with Crippen molar-refractivity contribution in [2.24, 2.45) is 5.92 Å². The van der Waals surface area contributed by atoms with E-state index in [2.05, 4.69) is 0 Å². The van der Waals surface area contributed by atoms with Gasteiger partial charge in [-0.1, -0.05) is 6.92 Å². The SMILES string of the molecule is CC1C2CC3(C)C(O2)C1OS3(=O)=O. The first-order valence-electron chi connectivity index (χ1n) is 4.54. The van der Waals surface area contributed by atoms with Crippen LogP contribution in [0.2, 0.25) is 0 Å². The predicted molar refractivity (Wildman–Crippen MR) is 44.6 cm³/mol. The standard InChI is InChI=1S/C8H12O4S/c1-4-5-3-8(2)7(11-5)6(4)12-13(8,9)10/h4-7H,3H2,1-2H3. The number of ether oxygens (including phenoxy) is 1. The Morgan fingerprint density at radius 1 is 1.46 bits per heavy atom. The molecule has 5 heteroatoms. The van der Waals surface area contributed by atoms with Gasteiger partial charge in [0, 0.05) is 5.92 Å². The van der Waals surface area contributed by atoms with E-state index in [1.165, 1.54) is 0 Å². The van der Waals surface area contributed by atoms with Gasteiger partial charge in [0.2, 0.25) is 0 Å². The predicted octanol–water partition coefficient (Wildman–Crippen LogP) is 0.281.